The molecule has 0 bridgehead atoms. The van der Waals surface area contributed by atoms with Crippen molar-refractivity contribution < 1.29 is 21.9 Å². The van der Waals surface area contributed by atoms with Gasteiger partial charge in [-0.05, 0) is 38.1 Å². The van der Waals surface area contributed by atoms with Gasteiger partial charge in [0.1, 0.15) is 22.3 Å². The van der Waals surface area contributed by atoms with Crippen molar-refractivity contribution in [2.75, 3.05) is 25.0 Å². The van der Waals surface area contributed by atoms with Gasteiger partial charge in [-0.15, -0.1) is 0 Å². The highest BCUT2D eigenvalue weighted by molar-refractivity contribution is 7.89. The number of hydrogen-bond donors (Lipinski definition) is 2. The smallest absolute Gasteiger partial charge is 0.241 e. The van der Waals surface area contributed by atoms with Crippen LogP contribution in [0, 0.1) is 11.6 Å². The van der Waals surface area contributed by atoms with Crippen molar-refractivity contribution in [2.24, 2.45) is 5.14 Å². The van der Waals surface area contributed by atoms with E-state index in [1.807, 2.05) is 18.7 Å². The Bertz CT molecular complexity index is 943. The Hall–Kier alpha value is -2.14. The molecule has 1 aromatic heterocycles. The summed E-state index contributed by atoms with van der Waals surface area (Å²) in [6.45, 7) is 4.74. The summed E-state index contributed by atoms with van der Waals surface area (Å²) in [4.78, 5) is 5.77. The van der Waals surface area contributed by atoms with Crippen LogP contribution < -0.4 is 10.5 Å². The van der Waals surface area contributed by atoms with E-state index in [0.29, 0.717) is 13.1 Å². The molecule has 0 radical (unpaired) electrons. The highest BCUT2D eigenvalue weighted by atomic mass is 32.2. The fourth-order valence-electron chi connectivity index (χ4n) is 3.66. The molecular weight excluding hydrogens is 402 g/mol. The average molecular weight is 426 g/mol. The summed E-state index contributed by atoms with van der Waals surface area (Å²) in [6.07, 6.45) is 1.17. The fraction of sp³-hybridized carbons (Fsp3) is 0.421. The zero-order chi connectivity index (χ0) is 21.2. The van der Waals surface area contributed by atoms with Gasteiger partial charge >= 0.3 is 0 Å². The lowest BCUT2D eigenvalue weighted by atomic mass is 10.0. The molecule has 0 aliphatic carbocycles. The van der Waals surface area contributed by atoms with Crippen LogP contribution in [0.2, 0.25) is 0 Å². The largest absolute Gasteiger partial charge is 0.373 e. The number of rotatable bonds is 6. The minimum Gasteiger partial charge on any atom is -0.373 e. The van der Waals surface area contributed by atoms with Gasteiger partial charge in [-0.2, -0.15) is 0 Å². The number of hydrogen-bond acceptors (Lipinski definition) is 6. The monoisotopic (exact) mass is 426 g/mol. The lowest BCUT2D eigenvalue weighted by molar-refractivity contribution is -0.0801. The zero-order valence-corrected chi connectivity index (χ0v) is 17.0. The van der Waals surface area contributed by atoms with Crippen molar-refractivity contribution in [3.63, 3.8) is 0 Å². The maximum Gasteiger partial charge on any atom is 0.241 e. The van der Waals surface area contributed by atoms with Gasteiger partial charge in [0.25, 0.3) is 0 Å². The number of ether oxygens (including phenoxy) is 1. The summed E-state index contributed by atoms with van der Waals surface area (Å²) in [5.74, 6) is -1.31. The summed E-state index contributed by atoms with van der Waals surface area (Å²) in [5.41, 5.74) is -0.0885. The van der Waals surface area contributed by atoms with Crippen LogP contribution in [0.5, 0.6) is 0 Å². The van der Waals surface area contributed by atoms with Crippen LogP contribution in [0.25, 0.3) is 0 Å². The van der Waals surface area contributed by atoms with Crippen LogP contribution in [0.1, 0.15) is 25.5 Å². The standard InChI is InChI=1S/C19H24F2N4O3S/c1-12-10-25(11-13(2)28-12)16(18-14(20)5-3-6-15(18)21)9-24-19-17(29(22,26)27)7-4-8-23-19/h3-8,12-13,16H,9-11H2,1-2H3,(H,23,24)(H2,22,26,27). The van der Waals surface area contributed by atoms with Crippen LogP contribution in [0.4, 0.5) is 14.6 Å². The van der Waals surface area contributed by atoms with E-state index >= 15 is 0 Å². The maximum absolute atomic E-state index is 14.6. The molecule has 0 saturated carbocycles. The molecule has 1 aliphatic heterocycles. The van der Waals surface area contributed by atoms with E-state index < -0.39 is 27.7 Å². The summed E-state index contributed by atoms with van der Waals surface area (Å²) in [7, 11) is -4.01. The zero-order valence-electron chi connectivity index (χ0n) is 16.2. The van der Waals surface area contributed by atoms with E-state index in [2.05, 4.69) is 10.3 Å². The first-order valence-electron chi connectivity index (χ1n) is 9.22. The molecule has 7 nitrogen and oxygen atoms in total. The number of nitrogens with two attached hydrogens (primary N) is 1. The van der Waals surface area contributed by atoms with Crippen LogP contribution in [0.3, 0.4) is 0 Å². The third kappa shape index (κ3) is 5.08. The first kappa shape index (κ1) is 21.6. The van der Waals surface area contributed by atoms with Crippen molar-refractivity contribution in [1.82, 2.24) is 9.88 Å². The minimum absolute atomic E-state index is 0.0246. The van der Waals surface area contributed by atoms with Crippen LogP contribution in [0.15, 0.2) is 41.4 Å². The van der Waals surface area contributed by atoms with Gasteiger partial charge in [-0.3, -0.25) is 4.90 Å². The van der Waals surface area contributed by atoms with Crippen molar-refractivity contribution >= 4 is 15.8 Å². The Balaban J connectivity index is 1.95. The predicted molar refractivity (Wildman–Crippen MR) is 105 cm³/mol. The molecule has 3 unspecified atom stereocenters. The molecule has 29 heavy (non-hydrogen) atoms. The van der Waals surface area contributed by atoms with Crippen molar-refractivity contribution in [3.8, 4) is 0 Å². The minimum atomic E-state index is -4.01. The van der Waals surface area contributed by atoms with Gasteiger partial charge in [0.05, 0.1) is 18.2 Å². The number of nitrogens with zero attached hydrogens (tertiary/aromatic N) is 2. The molecule has 1 aromatic carbocycles. The fourth-order valence-corrected chi connectivity index (χ4v) is 4.32. The van der Waals surface area contributed by atoms with Gasteiger partial charge in [0.2, 0.25) is 10.0 Å². The molecule has 1 aliphatic rings. The highest BCUT2D eigenvalue weighted by Crippen LogP contribution is 2.30. The molecule has 1 saturated heterocycles. The Labute approximate surface area is 168 Å². The number of primary sulfonamides is 1. The van der Waals surface area contributed by atoms with Crippen molar-refractivity contribution in [2.45, 2.75) is 37.0 Å². The number of morpholine rings is 1. The lowest BCUT2D eigenvalue weighted by Gasteiger charge is -2.40. The molecule has 2 aromatic rings. The summed E-state index contributed by atoms with van der Waals surface area (Å²) < 4.78 is 58.5. The number of sulfonamides is 1. The number of nitrogens with one attached hydrogen (secondary N) is 1. The van der Waals surface area contributed by atoms with Gasteiger partial charge in [-0.1, -0.05) is 6.07 Å². The second-order valence-electron chi connectivity index (χ2n) is 7.14. The third-order valence-corrected chi connectivity index (χ3v) is 5.70. The number of aromatic nitrogens is 1. The molecule has 1 fully saturated rings. The Morgan fingerprint density at radius 1 is 1.21 bits per heavy atom. The Morgan fingerprint density at radius 2 is 1.83 bits per heavy atom. The third-order valence-electron chi connectivity index (χ3n) is 4.76. The number of pyridine rings is 1. The average Bonchev–Trinajstić information content (AvgIpc) is 2.62. The first-order valence-corrected chi connectivity index (χ1v) is 10.8. The molecule has 3 atom stereocenters. The van der Waals surface area contributed by atoms with Gasteiger partial charge in [0.15, 0.2) is 0 Å². The van der Waals surface area contributed by atoms with E-state index in [9.17, 15) is 17.2 Å². The molecule has 3 rings (SSSR count). The number of halogens is 2. The molecule has 0 amide bonds. The summed E-state index contributed by atoms with van der Waals surface area (Å²) in [6, 6.07) is 5.78. The molecular formula is C19H24F2N4O3S. The van der Waals surface area contributed by atoms with E-state index in [4.69, 9.17) is 9.88 Å². The van der Waals surface area contributed by atoms with Crippen LogP contribution >= 0.6 is 0 Å². The molecule has 3 N–H and O–H groups in total. The Morgan fingerprint density at radius 3 is 2.41 bits per heavy atom. The van der Waals surface area contributed by atoms with Gasteiger partial charge in [-0.25, -0.2) is 27.3 Å². The second-order valence-corrected chi connectivity index (χ2v) is 8.67. The summed E-state index contributed by atoms with van der Waals surface area (Å²) in [5, 5.41) is 8.16. The molecule has 158 valence electrons. The SMILES string of the molecule is CC1CN(C(CNc2ncccc2S(N)(=O)=O)c2c(F)cccc2F)CC(C)O1. The van der Waals surface area contributed by atoms with Crippen LogP contribution in [-0.4, -0.2) is 50.1 Å². The lowest BCUT2D eigenvalue weighted by Crippen LogP contribution is -2.48. The summed E-state index contributed by atoms with van der Waals surface area (Å²) >= 11 is 0. The Kier molecular flexibility index (Phi) is 6.47. The predicted octanol–water partition coefficient (Wildman–Crippen LogP) is 2.27. The van der Waals surface area contributed by atoms with E-state index in [1.54, 1.807) is 0 Å². The van der Waals surface area contributed by atoms with E-state index in [1.165, 1.54) is 36.5 Å². The highest BCUT2D eigenvalue weighted by Gasteiger charge is 2.32. The topological polar surface area (TPSA) is 97.5 Å². The van der Waals surface area contributed by atoms with E-state index in [-0.39, 0.29) is 35.0 Å². The van der Waals surface area contributed by atoms with Crippen molar-refractivity contribution in [3.05, 3.63) is 53.7 Å². The quantitative estimate of drug-likeness (QED) is 0.736. The normalized spacial score (nSPS) is 21.7. The maximum atomic E-state index is 14.6. The number of anilines is 1. The molecule has 2 heterocycles. The van der Waals surface area contributed by atoms with E-state index in [0.717, 1.165) is 0 Å². The first-order chi connectivity index (χ1) is 13.7. The molecule has 10 heteroatoms. The number of benzene rings is 1. The van der Waals surface area contributed by atoms with Gasteiger partial charge < -0.3 is 10.1 Å². The van der Waals surface area contributed by atoms with Gasteiger partial charge in [0, 0.05) is 31.4 Å². The van der Waals surface area contributed by atoms with Crippen LogP contribution in [-0.2, 0) is 14.8 Å². The second kappa shape index (κ2) is 8.70. The molecule has 0 spiro atoms. The van der Waals surface area contributed by atoms with Crippen molar-refractivity contribution in [1.29, 1.82) is 0 Å².